The van der Waals surface area contributed by atoms with Crippen LogP contribution in [0.2, 0.25) is 0 Å². The molecule has 0 N–H and O–H groups in total. The van der Waals surface area contributed by atoms with E-state index in [4.69, 9.17) is 23.2 Å². The normalized spacial score (nSPS) is 17.5. The zero-order chi connectivity index (χ0) is 20.9. The van der Waals surface area contributed by atoms with Crippen molar-refractivity contribution < 1.29 is 19.2 Å². The number of rotatable bonds is 3. The van der Waals surface area contributed by atoms with Gasteiger partial charge in [0.15, 0.2) is 11.6 Å². The van der Waals surface area contributed by atoms with Crippen LogP contribution in [-0.4, -0.2) is 23.1 Å². The van der Waals surface area contributed by atoms with Gasteiger partial charge in [0, 0.05) is 33.4 Å². The van der Waals surface area contributed by atoms with E-state index in [1.165, 1.54) is 0 Å². The van der Waals surface area contributed by atoms with E-state index in [0.29, 0.717) is 0 Å². The molecule has 0 bridgehead atoms. The first-order valence-electron chi connectivity index (χ1n) is 8.98. The molecule has 29 heavy (non-hydrogen) atoms. The maximum Gasteiger partial charge on any atom is 0.205 e. The smallest absolute Gasteiger partial charge is 0.205 e. The van der Waals surface area contributed by atoms with E-state index in [2.05, 4.69) is 0 Å². The average molecular weight is 425 g/mol. The molecule has 0 aliphatic heterocycles. The van der Waals surface area contributed by atoms with Crippen LogP contribution in [0.25, 0.3) is 0 Å². The summed E-state index contributed by atoms with van der Waals surface area (Å²) in [6.45, 7) is 1.69. The Balaban J connectivity index is 1.73. The molecule has 1 unspecified atom stereocenters. The number of benzene rings is 2. The van der Waals surface area contributed by atoms with Gasteiger partial charge in [0.05, 0.1) is 10.1 Å². The first kappa shape index (κ1) is 19.5. The zero-order valence-corrected chi connectivity index (χ0v) is 16.8. The quantitative estimate of drug-likeness (QED) is 0.682. The highest BCUT2D eigenvalue weighted by Gasteiger charge is 2.37. The molecule has 1 atom stereocenters. The molecule has 0 saturated carbocycles. The summed E-state index contributed by atoms with van der Waals surface area (Å²) in [5, 5.41) is -0.319. The molecule has 0 spiro atoms. The molecule has 0 aromatic heterocycles. The predicted octanol–water partition coefficient (Wildman–Crippen LogP) is 5.16. The Hall–Kier alpha value is -2.82. The van der Waals surface area contributed by atoms with Gasteiger partial charge in [-0.05, 0) is 12.3 Å². The van der Waals surface area contributed by atoms with Gasteiger partial charge in [-0.3, -0.25) is 19.2 Å². The molecular weight excluding hydrogens is 411 g/mol. The van der Waals surface area contributed by atoms with Crippen LogP contribution in [0.3, 0.4) is 0 Å². The first-order chi connectivity index (χ1) is 13.8. The molecule has 144 valence electrons. The lowest BCUT2D eigenvalue weighted by Gasteiger charge is -2.24. The molecule has 2 aromatic rings. The summed E-state index contributed by atoms with van der Waals surface area (Å²) in [6, 6.07) is 12.9. The first-order valence-corrected chi connectivity index (χ1v) is 9.73. The molecule has 0 saturated heterocycles. The Morgan fingerprint density at radius 3 is 1.59 bits per heavy atom. The molecule has 4 nitrogen and oxygen atoms in total. The third-order valence-corrected chi connectivity index (χ3v) is 6.03. The molecule has 2 aliphatic carbocycles. The van der Waals surface area contributed by atoms with Gasteiger partial charge in [-0.15, -0.1) is 0 Å². The second-order valence-corrected chi connectivity index (χ2v) is 7.79. The number of halogens is 2. The van der Waals surface area contributed by atoms with Gasteiger partial charge in [0.1, 0.15) is 0 Å². The molecule has 0 fully saturated rings. The summed E-state index contributed by atoms with van der Waals surface area (Å²) in [5.74, 6) is -2.16. The number of hydrogen-bond acceptors (Lipinski definition) is 4. The number of fused-ring (bicyclic) bond motifs is 2. The molecular formula is C23H14Cl2O4. The van der Waals surface area contributed by atoms with Crippen molar-refractivity contribution in [2.75, 3.05) is 0 Å². The maximum absolute atomic E-state index is 13.0. The molecule has 4 rings (SSSR count). The molecule has 2 aliphatic rings. The lowest BCUT2D eigenvalue weighted by atomic mass is 9.79. The lowest BCUT2D eigenvalue weighted by Crippen LogP contribution is -2.26. The number of Topliss-reactive ketones (excluding diaryl/α,β-unsaturated/α-hetero) is 4. The van der Waals surface area contributed by atoms with Crippen LogP contribution in [0.4, 0.5) is 0 Å². The van der Waals surface area contributed by atoms with Crippen molar-refractivity contribution in [1.82, 2.24) is 0 Å². The van der Waals surface area contributed by atoms with Crippen LogP contribution in [0.15, 0.2) is 69.7 Å². The van der Waals surface area contributed by atoms with Crippen LogP contribution in [0.1, 0.15) is 54.8 Å². The summed E-state index contributed by atoms with van der Waals surface area (Å²) >= 11 is 12.5. The zero-order valence-electron chi connectivity index (χ0n) is 15.3. The second kappa shape index (κ2) is 7.21. The average Bonchev–Trinajstić information content (AvgIpc) is 2.73. The van der Waals surface area contributed by atoms with Gasteiger partial charge in [0.25, 0.3) is 0 Å². The Bertz CT molecular complexity index is 1190. The van der Waals surface area contributed by atoms with Crippen molar-refractivity contribution in [2.24, 2.45) is 5.92 Å². The van der Waals surface area contributed by atoms with Gasteiger partial charge >= 0.3 is 0 Å². The topological polar surface area (TPSA) is 68.3 Å². The fourth-order valence-corrected chi connectivity index (χ4v) is 4.43. The summed E-state index contributed by atoms with van der Waals surface area (Å²) in [6.07, 6.45) is 0.0183. The Morgan fingerprint density at radius 1 is 0.655 bits per heavy atom. The third-order valence-electron chi connectivity index (χ3n) is 5.25. The fourth-order valence-electron chi connectivity index (χ4n) is 3.79. The van der Waals surface area contributed by atoms with Crippen molar-refractivity contribution in [3.63, 3.8) is 0 Å². The second-order valence-electron chi connectivity index (χ2n) is 7.03. The number of ketones is 4. The van der Waals surface area contributed by atoms with E-state index in [9.17, 15) is 19.2 Å². The van der Waals surface area contributed by atoms with Crippen LogP contribution in [0, 0.1) is 5.92 Å². The maximum atomic E-state index is 13.0. The minimum absolute atomic E-state index is 0.0183. The van der Waals surface area contributed by atoms with Crippen LogP contribution >= 0.6 is 23.2 Å². The van der Waals surface area contributed by atoms with E-state index in [1.54, 1.807) is 55.5 Å². The molecule has 0 amide bonds. The summed E-state index contributed by atoms with van der Waals surface area (Å²) in [5.41, 5.74) is 1.33. The number of carbonyl (C=O) groups excluding carboxylic acids is 4. The molecule has 2 aromatic carbocycles. The monoisotopic (exact) mass is 424 g/mol. The van der Waals surface area contributed by atoms with Gasteiger partial charge < -0.3 is 0 Å². The number of allylic oxidation sites excluding steroid dienone is 4. The fraction of sp³-hybridized carbons (Fsp3) is 0.130. The van der Waals surface area contributed by atoms with Crippen LogP contribution < -0.4 is 0 Å². The Labute approximate surface area is 176 Å². The van der Waals surface area contributed by atoms with Crippen molar-refractivity contribution >= 4 is 46.3 Å². The third kappa shape index (κ3) is 3.00. The van der Waals surface area contributed by atoms with Crippen molar-refractivity contribution in [1.29, 1.82) is 0 Å². The molecule has 6 heteroatoms. The SMILES string of the molecule is CC(CC1=C(Cl)C(=O)c2ccccc2C1=O)C1=C(Cl)C(=O)c2ccccc2C1=O. The summed E-state index contributed by atoms with van der Waals surface area (Å²) in [7, 11) is 0. The van der Waals surface area contributed by atoms with Crippen LogP contribution in [-0.2, 0) is 0 Å². The van der Waals surface area contributed by atoms with Crippen molar-refractivity contribution in [3.8, 4) is 0 Å². The largest absolute Gasteiger partial charge is 0.289 e. The van der Waals surface area contributed by atoms with Crippen LogP contribution in [0.5, 0.6) is 0 Å². The van der Waals surface area contributed by atoms with E-state index < -0.39 is 17.5 Å². The van der Waals surface area contributed by atoms with Gasteiger partial charge in [-0.2, -0.15) is 0 Å². The van der Waals surface area contributed by atoms with Gasteiger partial charge in [-0.1, -0.05) is 78.7 Å². The van der Waals surface area contributed by atoms with Gasteiger partial charge in [0.2, 0.25) is 11.6 Å². The molecule has 0 radical (unpaired) electrons. The van der Waals surface area contributed by atoms with E-state index in [1.807, 2.05) is 0 Å². The predicted molar refractivity (Wildman–Crippen MR) is 110 cm³/mol. The van der Waals surface area contributed by atoms with E-state index in [0.717, 1.165) is 0 Å². The summed E-state index contributed by atoms with van der Waals surface area (Å²) < 4.78 is 0. The van der Waals surface area contributed by atoms with Crippen molar-refractivity contribution in [2.45, 2.75) is 13.3 Å². The van der Waals surface area contributed by atoms with E-state index in [-0.39, 0.29) is 61.5 Å². The van der Waals surface area contributed by atoms with Gasteiger partial charge in [-0.25, -0.2) is 0 Å². The highest BCUT2D eigenvalue weighted by Crippen LogP contribution is 2.38. The Kier molecular flexibility index (Phi) is 4.85. The standard InChI is InChI=1S/C23H14Cl2O4/c1-11(17-19(25)23(29)15-9-5-3-7-13(15)21(17)27)10-16-18(24)22(28)14-8-4-2-6-12(14)20(16)26/h2-9,11H,10H2,1H3. The lowest BCUT2D eigenvalue weighted by molar-refractivity contribution is 0.0964. The highest BCUT2D eigenvalue weighted by atomic mass is 35.5. The number of hydrogen-bond donors (Lipinski definition) is 0. The van der Waals surface area contributed by atoms with E-state index >= 15 is 0 Å². The Morgan fingerprint density at radius 2 is 1.07 bits per heavy atom. The summed E-state index contributed by atoms with van der Waals surface area (Å²) in [4.78, 5) is 51.1. The van der Waals surface area contributed by atoms with Crippen molar-refractivity contribution in [3.05, 3.63) is 92.0 Å². The minimum Gasteiger partial charge on any atom is -0.289 e. The highest BCUT2D eigenvalue weighted by molar-refractivity contribution is 6.51. The molecule has 0 heterocycles. The minimum atomic E-state index is -0.585. The number of carbonyl (C=O) groups is 4.